The van der Waals surface area contributed by atoms with Gasteiger partial charge in [0.05, 0.1) is 23.6 Å². The van der Waals surface area contributed by atoms with Crippen LogP contribution in [0.5, 0.6) is 0 Å². The molecule has 0 saturated heterocycles. The number of aromatic nitrogens is 5. The fraction of sp³-hybridized carbons (Fsp3) is 0.333. The molecule has 1 atom stereocenters. The van der Waals surface area contributed by atoms with Gasteiger partial charge in [-0.1, -0.05) is 5.21 Å². The van der Waals surface area contributed by atoms with Crippen molar-refractivity contribution in [2.75, 3.05) is 7.05 Å². The zero-order valence-corrected chi connectivity index (χ0v) is 8.62. The molecule has 6 heteroatoms. The average Bonchev–Trinajstić information content (AvgIpc) is 2.68. The first-order valence-electron chi connectivity index (χ1n) is 4.60. The van der Waals surface area contributed by atoms with E-state index in [4.69, 9.17) is 0 Å². The van der Waals surface area contributed by atoms with Gasteiger partial charge in [-0.05, 0) is 13.1 Å². The van der Waals surface area contributed by atoms with Crippen LogP contribution in [0.4, 0.5) is 0 Å². The minimum atomic E-state index is -0.00648. The van der Waals surface area contributed by atoms with Crippen molar-refractivity contribution in [1.82, 2.24) is 30.3 Å². The highest BCUT2D eigenvalue weighted by molar-refractivity contribution is 5.17. The van der Waals surface area contributed by atoms with Gasteiger partial charge in [0.2, 0.25) is 0 Å². The van der Waals surface area contributed by atoms with Gasteiger partial charge in [-0.3, -0.25) is 4.68 Å². The summed E-state index contributed by atoms with van der Waals surface area (Å²) in [7, 11) is 3.73. The quantitative estimate of drug-likeness (QED) is 0.757. The molecule has 0 amide bonds. The summed E-state index contributed by atoms with van der Waals surface area (Å²) in [6.07, 6.45) is 4.98. The molecule has 0 aromatic carbocycles. The standard InChI is InChI=1S/C9H12N6/c1-10-9(7-3-4-11-6-12-7)8-5-13-14-15(8)2/h3-6,9-10H,1-2H3. The molecular formula is C9H12N6. The third-order valence-electron chi connectivity index (χ3n) is 2.23. The van der Waals surface area contributed by atoms with Crippen molar-refractivity contribution in [3.63, 3.8) is 0 Å². The van der Waals surface area contributed by atoms with Crippen LogP contribution in [0.3, 0.4) is 0 Å². The van der Waals surface area contributed by atoms with Gasteiger partial charge in [0, 0.05) is 13.2 Å². The smallest absolute Gasteiger partial charge is 0.115 e. The molecule has 2 aromatic heterocycles. The van der Waals surface area contributed by atoms with Gasteiger partial charge in [-0.15, -0.1) is 5.10 Å². The molecule has 6 nitrogen and oxygen atoms in total. The van der Waals surface area contributed by atoms with Gasteiger partial charge >= 0.3 is 0 Å². The monoisotopic (exact) mass is 204 g/mol. The zero-order chi connectivity index (χ0) is 10.7. The third kappa shape index (κ3) is 1.84. The van der Waals surface area contributed by atoms with Crippen LogP contribution < -0.4 is 5.32 Å². The number of nitrogens with zero attached hydrogens (tertiary/aromatic N) is 5. The fourth-order valence-corrected chi connectivity index (χ4v) is 1.48. The Bertz CT molecular complexity index is 423. The van der Waals surface area contributed by atoms with Crippen LogP contribution >= 0.6 is 0 Å². The van der Waals surface area contributed by atoms with E-state index >= 15 is 0 Å². The molecule has 1 unspecified atom stereocenters. The minimum Gasteiger partial charge on any atom is -0.307 e. The van der Waals surface area contributed by atoms with Crippen LogP contribution in [-0.2, 0) is 7.05 Å². The summed E-state index contributed by atoms with van der Waals surface area (Å²) in [6.45, 7) is 0. The van der Waals surface area contributed by atoms with E-state index in [0.29, 0.717) is 0 Å². The number of hydrogen-bond acceptors (Lipinski definition) is 5. The molecule has 2 rings (SSSR count). The molecule has 0 radical (unpaired) electrons. The maximum Gasteiger partial charge on any atom is 0.115 e. The normalized spacial score (nSPS) is 12.7. The Labute approximate surface area is 87.4 Å². The highest BCUT2D eigenvalue weighted by atomic mass is 15.4. The third-order valence-corrected chi connectivity index (χ3v) is 2.23. The molecule has 15 heavy (non-hydrogen) atoms. The van der Waals surface area contributed by atoms with Crippen LogP contribution in [0.1, 0.15) is 17.4 Å². The van der Waals surface area contributed by atoms with Crippen molar-refractivity contribution in [3.05, 3.63) is 36.2 Å². The lowest BCUT2D eigenvalue weighted by Crippen LogP contribution is -2.21. The summed E-state index contributed by atoms with van der Waals surface area (Å²) < 4.78 is 1.73. The van der Waals surface area contributed by atoms with E-state index < -0.39 is 0 Å². The van der Waals surface area contributed by atoms with Crippen LogP contribution in [-0.4, -0.2) is 32.0 Å². The van der Waals surface area contributed by atoms with E-state index in [-0.39, 0.29) is 6.04 Å². The molecular weight excluding hydrogens is 192 g/mol. The lowest BCUT2D eigenvalue weighted by atomic mass is 10.1. The van der Waals surface area contributed by atoms with Crippen molar-refractivity contribution in [1.29, 1.82) is 0 Å². The Morgan fingerprint density at radius 2 is 2.33 bits per heavy atom. The fourth-order valence-electron chi connectivity index (χ4n) is 1.48. The predicted molar refractivity (Wildman–Crippen MR) is 53.9 cm³/mol. The lowest BCUT2D eigenvalue weighted by molar-refractivity contribution is 0.586. The second kappa shape index (κ2) is 4.14. The first kappa shape index (κ1) is 9.72. The second-order valence-corrected chi connectivity index (χ2v) is 3.14. The predicted octanol–water partition coefficient (Wildman–Crippen LogP) is -0.0861. The van der Waals surface area contributed by atoms with Gasteiger partial charge in [0.1, 0.15) is 6.33 Å². The Morgan fingerprint density at radius 3 is 2.87 bits per heavy atom. The van der Waals surface area contributed by atoms with Crippen molar-refractivity contribution in [3.8, 4) is 0 Å². The van der Waals surface area contributed by atoms with Crippen LogP contribution in [0.15, 0.2) is 24.8 Å². The second-order valence-electron chi connectivity index (χ2n) is 3.14. The number of hydrogen-bond donors (Lipinski definition) is 1. The van der Waals surface area contributed by atoms with Gasteiger partial charge in [0.15, 0.2) is 0 Å². The van der Waals surface area contributed by atoms with Crippen LogP contribution in [0, 0.1) is 0 Å². The Hall–Kier alpha value is -1.82. The highest BCUT2D eigenvalue weighted by Gasteiger charge is 2.16. The minimum absolute atomic E-state index is 0.00648. The molecule has 0 saturated carbocycles. The van der Waals surface area contributed by atoms with Gasteiger partial charge in [-0.2, -0.15) is 0 Å². The van der Waals surface area contributed by atoms with Crippen LogP contribution in [0.25, 0.3) is 0 Å². The molecule has 1 N–H and O–H groups in total. The molecule has 78 valence electrons. The summed E-state index contributed by atoms with van der Waals surface area (Å²) in [4.78, 5) is 8.09. The average molecular weight is 204 g/mol. The first-order chi connectivity index (χ1) is 7.33. The van der Waals surface area contributed by atoms with E-state index in [2.05, 4.69) is 25.6 Å². The molecule has 0 fully saturated rings. The van der Waals surface area contributed by atoms with E-state index in [9.17, 15) is 0 Å². The molecule has 0 aliphatic rings. The van der Waals surface area contributed by atoms with E-state index in [1.165, 1.54) is 6.33 Å². The molecule has 0 bridgehead atoms. The Kier molecular flexibility index (Phi) is 2.68. The van der Waals surface area contributed by atoms with E-state index in [1.807, 2.05) is 20.2 Å². The van der Waals surface area contributed by atoms with Crippen molar-refractivity contribution in [2.45, 2.75) is 6.04 Å². The molecule has 2 aromatic rings. The SMILES string of the molecule is CNC(c1ccncn1)c1cnnn1C. The summed E-state index contributed by atoms with van der Waals surface area (Å²) in [6, 6.07) is 1.86. The number of rotatable bonds is 3. The van der Waals surface area contributed by atoms with Crippen molar-refractivity contribution in [2.24, 2.45) is 7.05 Å². The lowest BCUT2D eigenvalue weighted by Gasteiger charge is -2.14. The number of nitrogens with one attached hydrogen (secondary N) is 1. The van der Waals surface area contributed by atoms with Crippen molar-refractivity contribution >= 4 is 0 Å². The zero-order valence-electron chi connectivity index (χ0n) is 8.62. The first-order valence-corrected chi connectivity index (χ1v) is 4.60. The Balaban J connectivity index is 2.37. The number of aryl methyl sites for hydroxylation is 1. The van der Waals surface area contributed by atoms with E-state index in [0.717, 1.165) is 11.4 Å². The summed E-state index contributed by atoms with van der Waals surface area (Å²) in [5.74, 6) is 0. The highest BCUT2D eigenvalue weighted by Crippen LogP contribution is 2.16. The van der Waals surface area contributed by atoms with Crippen LogP contribution in [0.2, 0.25) is 0 Å². The molecule has 2 heterocycles. The van der Waals surface area contributed by atoms with Gasteiger partial charge < -0.3 is 5.32 Å². The maximum absolute atomic E-state index is 4.20. The van der Waals surface area contributed by atoms with Gasteiger partial charge in [0.25, 0.3) is 0 Å². The summed E-state index contributed by atoms with van der Waals surface area (Å²) >= 11 is 0. The topological polar surface area (TPSA) is 68.5 Å². The van der Waals surface area contributed by atoms with Crippen molar-refractivity contribution < 1.29 is 0 Å². The maximum atomic E-state index is 4.20. The summed E-state index contributed by atoms with van der Waals surface area (Å²) in [5.41, 5.74) is 1.87. The molecule has 0 spiro atoms. The Morgan fingerprint density at radius 1 is 1.47 bits per heavy atom. The van der Waals surface area contributed by atoms with E-state index in [1.54, 1.807) is 17.1 Å². The molecule has 0 aliphatic carbocycles. The van der Waals surface area contributed by atoms with Gasteiger partial charge in [-0.25, -0.2) is 9.97 Å². The summed E-state index contributed by atoms with van der Waals surface area (Å²) in [5, 5.41) is 10.9. The largest absolute Gasteiger partial charge is 0.307 e. The molecule has 0 aliphatic heterocycles.